The van der Waals surface area contributed by atoms with Gasteiger partial charge in [0.05, 0.1) is 17.5 Å². The summed E-state index contributed by atoms with van der Waals surface area (Å²) in [7, 11) is 0. The molecule has 0 aromatic rings. The molecule has 2 unspecified atom stereocenters. The summed E-state index contributed by atoms with van der Waals surface area (Å²) in [6.07, 6.45) is 7.08. The zero-order chi connectivity index (χ0) is 13.4. The SMILES string of the molecule is O=C1C2CC/C(=N/O)CC2C(=O)N1C1CCCCC1. The second kappa shape index (κ2) is 4.94. The zero-order valence-electron chi connectivity index (χ0n) is 11.0. The molecule has 3 fully saturated rings. The van der Waals surface area contributed by atoms with Gasteiger partial charge in [-0.05, 0) is 25.7 Å². The highest BCUT2D eigenvalue weighted by atomic mass is 16.4. The van der Waals surface area contributed by atoms with Gasteiger partial charge < -0.3 is 5.21 Å². The molecule has 2 atom stereocenters. The van der Waals surface area contributed by atoms with E-state index in [2.05, 4.69) is 5.16 Å². The molecule has 5 nitrogen and oxygen atoms in total. The number of carbonyl (C=O) groups excluding carboxylic acids is 2. The standard InChI is InChI=1S/C14H20N2O3/c17-13-11-7-6-9(15-19)8-12(11)14(18)16(13)10-4-2-1-3-5-10/h10-12,19H,1-8H2/b15-9-. The molecule has 19 heavy (non-hydrogen) atoms. The first kappa shape index (κ1) is 12.6. The monoisotopic (exact) mass is 264 g/mol. The molecular weight excluding hydrogens is 244 g/mol. The van der Waals surface area contributed by atoms with E-state index < -0.39 is 0 Å². The fourth-order valence-electron chi connectivity index (χ4n) is 3.83. The first-order valence-electron chi connectivity index (χ1n) is 7.29. The van der Waals surface area contributed by atoms with Crippen LogP contribution in [-0.2, 0) is 9.59 Å². The molecule has 3 aliphatic rings. The maximum absolute atomic E-state index is 12.5. The third kappa shape index (κ3) is 2.05. The molecule has 0 bridgehead atoms. The first-order valence-corrected chi connectivity index (χ1v) is 7.29. The molecule has 3 rings (SSSR count). The second-order valence-corrected chi connectivity index (χ2v) is 5.96. The molecule has 104 valence electrons. The van der Waals surface area contributed by atoms with E-state index in [0.29, 0.717) is 25.0 Å². The molecule has 1 saturated heterocycles. The van der Waals surface area contributed by atoms with Crippen molar-refractivity contribution in [2.45, 2.75) is 57.4 Å². The van der Waals surface area contributed by atoms with Crippen LogP contribution in [0.4, 0.5) is 0 Å². The van der Waals surface area contributed by atoms with Gasteiger partial charge in [0.15, 0.2) is 0 Å². The van der Waals surface area contributed by atoms with Gasteiger partial charge in [0.25, 0.3) is 0 Å². The van der Waals surface area contributed by atoms with E-state index in [1.807, 2.05) is 0 Å². The molecule has 5 heteroatoms. The van der Waals surface area contributed by atoms with E-state index in [1.165, 1.54) is 6.42 Å². The number of amides is 2. The van der Waals surface area contributed by atoms with E-state index in [1.54, 1.807) is 4.90 Å². The molecule has 1 heterocycles. The van der Waals surface area contributed by atoms with Crippen LogP contribution in [0.3, 0.4) is 0 Å². The summed E-state index contributed by atoms with van der Waals surface area (Å²) >= 11 is 0. The van der Waals surface area contributed by atoms with Crippen LogP contribution >= 0.6 is 0 Å². The van der Waals surface area contributed by atoms with Gasteiger partial charge in [-0.15, -0.1) is 0 Å². The third-order valence-corrected chi connectivity index (χ3v) is 4.88. The smallest absolute Gasteiger partial charge is 0.233 e. The second-order valence-electron chi connectivity index (χ2n) is 5.96. The number of imide groups is 1. The van der Waals surface area contributed by atoms with Gasteiger partial charge in [-0.1, -0.05) is 24.4 Å². The highest BCUT2D eigenvalue weighted by Crippen LogP contribution is 2.40. The molecule has 1 N–H and O–H groups in total. The molecule has 0 aromatic heterocycles. The average molecular weight is 264 g/mol. The van der Waals surface area contributed by atoms with Gasteiger partial charge in [0, 0.05) is 12.5 Å². The molecule has 0 radical (unpaired) electrons. The minimum atomic E-state index is -0.269. The van der Waals surface area contributed by atoms with Crippen molar-refractivity contribution in [3.8, 4) is 0 Å². The van der Waals surface area contributed by atoms with E-state index >= 15 is 0 Å². The van der Waals surface area contributed by atoms with Gasteiger partial charge in [0.1, 0.15) is 0 Å². The number of oxime groups is 1. The predicted octanol–water partition coefficient (Wildman–Crippen LogP) is 1.93. The van der Waals surface area contributed by atoms with Gasteiger partial charge in [-0.3, -0.25) is 14.5 Å². The Morgan fingerprint density at radius 3 is 2.37 bits per heavy atom. The van der Waals surface area contributed by atoms with Gasteiger partial charge in [-0.25, -0.2) is 0 Å². The highest BCUT2D eigenvalue weighted by Gasteiger charge is 2.51. The maximum atomic E-state index is 12.5. The van der Waals surface area contributed by atoms with Crippen molar-refractivity contribution in [2.75, 3.05) is 0 Å². The summed E-state index contributed by atoms with van der Waals surface area (Å²) in [6.45, 7) is 0. The van der Waals surface area contributed by atoms with Crippen molar-refractivity contribution in [2.24, 2.45) is 17.0 Å². The van der Waals surface area contributed by atoms with Crippen molar-refractivity contribution in [1.29, 1.82) is 0 Å². The van der Waals surface area contributed by atoms with E-state index in [-0.39, 0.29) is 29.7 Å². The largest absolute Gasteiger partial charge is 0.411 e. The molecule has 0 aromatic carbocycles. The predicted molar refractivity (Wildman–Crippen MR) is 68.8 cm³/mol. The summed E-state index contributed by atoms with van der Waals surface area (Å²) in [4.78, 5) is 26.5. The molecule has 1 aliphatic heterocycles. The van der Waals surface area contributed by atoms with Crippen LogP contribution in [0, 0.1) is 11.8 Å². The normalized spacial score (nSPS) is 34.9. The first-order chi connectivity index (χ1) is 9.22. The van der Waals surface area contributed by atoms with Crippen LogP contribution in [0.25, 0.3) is 0 Å². The lowest BCUT2D eigenvalue weighted by Gasteiger charge is -2.29. The van der Waals surface area contributed by atoms with E-state index in [0.717, 1.165) is 25.7 Å². The Kier molecular flexibility index (Phi) is 3.29. The Labute approximate surface area is 112 Å². The van der Waals surface area contributed by atoms with E-state index in [4.69, 9.17) is 5.21 Å². The van der Waals surface area contributed by atoms with Crippen molar-refractivity contribution >= 4 is 17.5 Å². The molecule has 0 spiro atoms. The highest BCUT2D eigenvalue weighted by molar-refractivity contribution is 6.08. The van der Waals surface area contributed by atoms with Crippen LogP contribution in [0.1, 0.15) is 51.4 Å². The van der Waals surface area contributed by atoms with Gasteiger partial charge >= 0.3 is 0 Å². The quantitative estimate of drug-likeness (QED) is 0.447. The maximum Gasteiger partial charge on any atom is 0.233 e. The Hall–Kier alpha value is -1.39. The molecule has 2 saturated carbocycles. The Morgan fingerprint density at radius 2 is 1.68 bits per heavy atom. The summed E-state index contributed by atoms with van der Waals surface area (Å²) in [5.41, 5.74) is 0.660. The zero-order valence-corrected chi connectivity index (χ0v) is 11.0. The Balaban J connectivity index is 1.80. The van der Waals surface area contributed by atoms with Crippen molar-refractivity contribution in [3.05, 3.63) is 0 Å². The topological polar surface area (TPSA) is 70.0 Å². The van der Waals surface area contributed by atoms with Crippen LogP contribution in [-0.4, -0.2) is 33.7 Å². The fraction of sp³-hybridized carbons (Fsp3) is 0.786. The minimum absolute atomic E-state index is 0.0252. The van der Waals surface area contributed by atoms with Gasteiger partial charge in [0.2, 0.25) is 11.8 Å². The van der Waals surface area contributed by atoms with Crippen molar-refractivity contribution in [3.63, 3.8) is 0 Å². The molecule has 2 aliphatic carbocycles. The van der Waals surface area contributed by atoms with Crippen LogP contribution in [0.2, 0.25) is 0 Å². The number of carbonyl (C=O) groups is 2. The molecular formula is C14H20N2O3. The summed E-state index contributed by atoms with van der Waals surface area (Å²) in [5.74, 6) is -0.435. The lowest BCUT2D eigenvalue weighted by Crippen LogP contribution is -2.41. The van der Waals surface area contributed by atoms with Crippen LogP contribution < -0.4 is 0 Å². The van der Waals surface area contributed by atoms with Crippen LogP contribution in [0.5, 0.6) is 0 Å². The summed E-state index contributed by atoms with van der Waals surface area (Å²) in [5, 5.41) is 12.1. The van der Waals surface area contributed by atoms with Crippen molar-refractivity contribution in [1.82, 2.24) is 4.90 Å². The number of fused-ring (bicyclic) bond motifs is 1. The van der Waals surface area contributed by atoms with Crippen molar-refractivity contribution < 1.29 is 14.8 Å². The lowest BCUT2D eigenvalue weighted by molar-refractivity contribution is -0.143. The Bertz CT molecular complexity index is 426. The fourth-order valence-corrected chi connectivity index (χ4v) is 3.83. The van der Waals surface area contributed by atoms with Gasteiger partial charge in [-0.2, -0.15) is 0 Å². The number of rotatable bonds is 1. The van der Waals surface area contributed by atoms with Crippen LogP contribution in [0.15, 0.2) is 5.16 Å². The van der Waals surface area contributed by atoms with E-state index in [9.17, 15) is 9.59 Å². The third-order valence-electron chi connectivity index (χ3n) is 4.88. The summed E-state index contributed by atoms with van der Waals surface area (Å²) < 4.78 is 0. The number of hydrogen-bond acceptors (Lipinski definition) is 4. The Morgan fingerprint density at radius 1 is 1.00 bits per heavy atom. The lowest BCUT2D eigenvalue weighted by atomic mass is 9.80. The summed E-state index contributed by atoms with van der Waals surface area (Å²) in [6, 6.07) is 0.119. The number of hydrogen-bond donors (Lipinski definition) is 1. The number of nitrogens with zero attached hydrogens (tertiary/aromatic N) is 2. The molecule has 2 amide bonds. The average Bonchev–Trinajstić information content (AvgIpc) is 2.71. The number of likely N-dealkylation sites (tertiary alicyclic amines) is 1. The minimum Gasteiger partial charge on any atom is -0.411 e.